The first-order valence-corrected chi connectivity index (χ1v) is 15.8. The Bertz CT molecular complexity index is 1360. The standard InChI is InChI=1S/C35H38ClN3O2S/c1-27(39(24-28-10-4-2-5-11-28)25-29-12-6-3-7-13-29)26-41-35(40)38-22-20-31(21-23-38)37-33-14-8-9-15-34(33)42-32-18-16-30(36)17-19-32/h2-19,27,31,37H,20-26H2,1H3/t27-/m0/s1. The maximum atomic E-state index is 13.0. The van der Waals surface area contributed by atoms with E-state index in [-0.39, 0.29) is 12.1 Å². The summed E-state index contributed by atoms with van der Waals surface area (Å²) in [7, 11) is 0. The van der Waals surface area contributed by atoms with E-state index < -0.39 is 0 Å². The summed E-state index contributed by atoms with van der Waals surface area (Å²) >= 11 is 7.78. The van der Waals surface area contributed by atoms with Gasteiger partial charge < -0.3 is 15.0 Å². The van der Waals surface area contributed by atoms with E-state index >= 15 is 0 Å². The monoisotopic (exact) mass is 599 g/mol. The van der Waals surface area contributed by atoms with Gasteiger partial charge in [0.05, 0.1) is 0 Å². The number of carbonyl (C=O) groups excluding carboxylic acids is 1. The third-order valence-corrected chi connectivity index (χ3v) is 8.91. The average Bonchev–Trinajstić information content (AvgIpc) is 3.03. The first-order valence-electron chi connectivity index (χ1n) is 14.6. The van der Waals surface area contributed by atoms with Crippen molar-refractivity contribution in [3.63, 3.8) is 0 Å². The second-order valence-corrected chi connectivity index (χ2v) is 12.3. The molecule has 5 nitrogen and oxygen atoms in total. The summed E-state index contributed by atoms with van der Waals surface area (Å²) in [6.07, 6.45) is 1.52. The highest BCUT2D eigenvalue weighted by atomic mass is 35.5. The van der Waals surface area contributed by atoms with Gasteiger partial charge in [0, 0.05) is 58.8 Å². The fourth-order valence-corrected chi connectivity index (χ4v) is 6.16. The van der Waals surface area contributed by atoms with Crippen LogP contribution in [0.25, 0.3) is 0 Å². The molecule has 7 heteroatoms. The van der Waals surface area contributed by atoms with E-state index in [9.17, 15) is 4.79 Å². The lowest BCUT2D eigenvalue weighted by molar-refractivity contribution is 0.0595. The van der Waals surface area contributed by atoms with Gasteiger partial charge in [0.25, 0.3) is 0 Å². The van der Waals surface area contributed by atoms with Gasteiger partial charge in [-0.2, -0.15) is 0 Å². The van der Waals surface area contributed by atoms with Crippen molar-refractivity contribution >= 4 is 35.1 Å². The van der Waals surface area contributed by atoms with Crippen LogP contribution < -0.4 is 5.32 Å². The number of piperidine rings is 1. The molecule has 1 atom stereocenters. The fourth-order valence-electron chi connectivity index (χ4n) is 5.12. The van der Waals surface area contributed by atoms with Gasteiger partial charge in [0.2, 0.25) is 0 Å². The van der Waals surface area contributed by atoms with Crippen LogP contribution in [-0.2, 0) is 17.8 Å². The van der Waals surface area contributed by atoms with Gasteiger partial charge in [-0.1, -0.05) is 96.2 Å². The Morgan fingerprint density at radius 2 is 1.45 bits per heavy atom. The number of hydrogen-bond donors (Lipinski definition) is 1. The molecule has 0 unspecified atom stereocenters. The van der Waals surface area contributed by atoms with Crippen LogP contribution in [0.1, 0.15) is 30.9 Å². The predicted molar refractivity (Wildman–Crippen MR) is 173 cm³/mol. The molecule has 1 amide bonds. The quantitative estimate of drug-likeness (QED) is 0.187. The summed E-state index contributed by atoms with van der Waals surface area (Å²) in [5, 5.41) is 4.46. The largest absolute Gasteiger partial charge is 0.448 e. The van der Waals surface area contributed by atoms with Crippen molar-refractivity contribution in [2.75, 3.05) is 25.0 Å². The highest BCUT2D eigenvalue weighted by molar-refractivity contribution is 7.99. The van der Waals surface area contributed by atoms with Crippen LogP contribution in [0.3, 0.4) is 0 Å². The Kier molecular flexibility index (Phi) is 10.8. The first kappa shape index (κ1) is 30.0. The molecule has 1 fully saturated rings. The van der Waals surface area contributed by atoms with Crippen molar-refractivity contribution in [3.05, 3.63) is 125 Å². The summed E-state index contributed by atoms with van der Waals surface area (Å²) < 4.78 is 5.86. The number of benzene rings is 4. The average molecular weight is 600 g/mol. The third-order valence-electron chi connectivity index (χ3n) is 7.57. The first-order chi connectivity index (χ1) is 20.5. The number of nitrogens with zero attached hydrogens (tertiary/aromatic N) is 2. The van der Waals surface area contributed by atoms with E-state index in [0.717, 1.165) is 41.5 Å². The summed E-state index contributed by atoms with van der Waals surface area (Å²) in [6.45, 7) is 5.43. The molecule has 1 saturated heterocycles. The molecule has 0 aliphatic carbocycles. The van der Waals surface area contributed by atoms with E-state index in [1.807, 2.05) is 41.3 Å². The summed E-state index contributed by atoms with van der Waals surface area (Å²) in [4.78, 5) is 19.6. The van der Waals surface area contributed by atoms with E-state index in [2.05, 4.69) is 89.9 Å². The zero-order valence-corrected chi connectivity index (χ0v) is 25.6. The molecule has 4 aromatic rings. The second-order valence-electron chi connectivity index (χ2n) is 10.8. The maximum absolute atomic E-state index is 13.0. The van der Waals surface area contributed by atoms with Crippen LogP contribution in [0.15, 0.2) is 119 Å². The maximum Gasteiger partial charge on any atom is 0.409 e. The smallest absolute Gasteiger partial charge is 0.409 e. The van der Waals surface area contributed by atoms with Gasteiger partial charge in [-0.3, -0.25) is 4.90 Å². The lowest BCUT2D eigenvalue weighted by atomic mass is 10.1. The summed E-state index contributed by atoms with van der Waals surface area (Å²) in [5.41, 5.74) is 3.60. The number of rotatable bonds is 11. The van der Waals surface area contributed by atoms with Crippen molar-refractivity contribution in [2.24, 2.45) is 0 Å². The Labute approximate surface area is 258 Å². The Balaban J connectivity index is 1.11. The number of amides is 1. The normalized spacial score (nSPS) is 14.5. The highest BCUT2D eigenvalue weighted by Crippen LogP contribution is 2.35. The number of halogens is 1. The minimum absolute atomic E-state index is 0.0724. The van der Waals surface area contributed by atoms with E-state index in [0.29, 0.717) is 25.7 Å². The van der Waals surface area contributed by atoms with Gasteiger partial charge in [-0.15, -0.1) is 0 Å². The van der Waals surface area contributed by atoms with Crippen molar-refractivity contribution in [2.45, 2.75) is 54.7 Å². The molecule has 42 heavy (non-hydrogen) atoms. The third kappa shape index (κ3) is 8.78. The van der Waals surface area contributed by atoms with Gasteiger partial charge in [-0.25, -0.2) is 4.79 Å². The van der Waals surface area contributed by atoms with E-state index in [4.69, 9.17) is 16.3 Å². The molecular weight excluding hydrogens is 562 g/mol. The number of anilines is 1. The van der Waals surface area contributed by atoms with Crippen LogP contribution in [0.4, 0.5) is 10.5 Å². The Hall–Kier alpha value is -3.45. The number of carbonyl (C=O) groups is 1. The molecule has 5 rings (SSSR count). The van der Waals surface area contributed by atoms with Gasteiger partial charge in [0.15, 0.2) is 0 Å². The molecule has 0 saturated carbocycles. The molecule has 0 radical (unpaired) electrons. The summed E-state index contributed by atoms with van der Waals surface area (Å²) in [5.74, 6) is 0. The zero-order valence-electron chi connectivity index (χ0n) is 24.0. The number of ether oxygens (including phenoxy) is 1. The molecule has 1 heterocycles. The molecule has 4 aromatic carbocycles. The molecule has 1 N–H and O–H groups in total. The van der Waals surface area contributed by atoms with Gasteiger partial charge in [-0.05, 0) is 67.3 Å². The van der Waals surface area contributed by atoms with Crippen LogP contribution >= 0.6 is 23.4 Å². The molecule has 0 aromatic heterocycles. The summed E-state index contributed by atoms with van der Waals surface area (Å²) in [6, 6.07) is 37.6. The fraction of sp³-hybridized carbons (Fsp3) is 0.286. The van der Waals surface area contributed by atoms with Crippen molar-refractivity contribution < 1.29 is 9.53 Å². The second kappa shape index (κ2) is 15.1. The Morgan fingerprint density at radius 3 is 2.07 bits per heavy atom. The van der Waals surface area contributed by atoms with Crippen molar-refractivity contribution in [1.29, 1.82) is 0 Å². The minimum atomic E-state index is -0.224. The number of para-hydroxylation sites is 1. The number of hydrogen-bond acceptors (Lipinski definition) is 5. The van der Waals surface area contributed by atoms with E-state index in [1.165, 1.54) is 16.0 Å². The van der Waals surface area contributed by atoms with Crippen LogP contribution in [0.5, 0.6) is 0 Å². The van der Waals surface area contributed by atoms with Crippen LogP contribution in [0, 0.1) is 0 Å². The number of nitrogens with one attached hydrogen (secondary N) is 1. The lowest BCUT2D eigenvalue weighted by Crippen LogP contribution is -2.44. The molecular formula is C35H38ClN3O2S. The van der Waals surface area contributed by atoms with Gasteiger partial charge >= 0.3 is 6.09 Å². The number of likely N-dealkylation sites (tertiary alicyclic amines) is 1. The molecule has 218 valence electrons. The topological polar surface area (TPSA) is 44.8 Å². The zero-order chi connectivity index (χ0) is 29.1. The van der Waals surface area contributed by atoms with Crippen LogP contribution in [-0.4, -0.2) is 47.7 Å². The molecule has 0 bridgehead atoms. The lowest BCUT2D eigenvalue weighted by Gasteiger charge is -2.34. The van der Waals surface area contributed by atoms with Crippen molar-refractivity contribution in [1.82, 2.24) is 9.80 Å². The van der Waals surface area contributed by atoms with Gasteiger partial charge in [0.1, 0.15) is 6.61 Å². The molecule has 1 aliphatic rings. The minimum Gasteiger partial charge on any atom is -0.448 e. The predicted octanol–water partition coefficient (Wildman–Crippen LogP) is 8.60. The van der Waals surface area contributed by atoms with Crippen molar-refractivity contribution in [3.8, 4) is 0 Å². The molecule has 0 spiro atoms. The van der Waals surface area contributed by atoms with E-state index in [1.54, 1.807) is 11.8 Å². The SMILES string of the molecule is C[C@@H](COC(=O)N1CCC(Nc2ccccc2Sc2ccc(Cl)cc2)CC1)N(Cc1ccccc1)Cc1ccccc1. The Morgan fingerprint density at radius 1 is 0.881 bits per heavy atom. The molecule has 1 aliphatic heterocycles. The highest BCUT2D eigenvalue weighted by Gasteiger charge is 2.25. The van der Waals surface area contributed by atoms with Crippen LogP contribution in [0.2, 0.25) is 5.02 Å².